The Morgan fingerprint density at radius 3 is 2.29 bits per heavy atom. The Hall–Kier alpha value is -3.58. The van der Waals surface area contributed by atoms with E-state index in [4.69, 9.17) is 9.52 Å². The van der Waals surface area contributed by atoms with E-state index < -0.39 is 5.97 Å². The summed E-state index contributed by atoms with van der Waals surface area (Å²) in [6.07, 6.45) is 1.68. The Labute approximate surface area is 138 Å². The van der Waals surface area contributed by atoms with Crippen molar-refractivity contribution in [3.8, 4) is 17.4 Å². The molecule has 0 atom stereocenters. The number of carboxylic acids is 1. The number of carboxylic acid groups (broad SMARTS) is 1. The highest BCUT2D eigenvalue weighted by Crippen LogP contribution is 2.25. The standard InChI is InChI=1S/C20H13NO3/c21-13-17(14-4-2-1-3-5-14)12-18-10-11-19(24-18)15-6-8-16(9-7-15)20(22)23/h1-12H,(H,22,23)/b17-12+. The van der Waals surface area contributed by atoms with E-state index in [1.807, 2.05) is 30.3 Å². The first-order chi connectivity index (χ1) is 11.7. The monoisotopic (exact) mass is 315 g/mol. The maximum absolute atomic E-state index is 10.9. The van der Waals surface area contributed by atoms with Gasteiger partial charge >= 0.3 is 5.97 Å². The molecular formula is C20H13NO3. The van der Waals surface area contributed by atoms with Crippen LogP contribution in [0.4, 0.5) is 0 Å². The number of benzene rings is 2. The summed E-state index contributed by atoms with van der Waals surface area (Å²) in [6.45, 7) is 0. The number of rotatable bonds is 4. The van der Waals surface area contributed by atoms with E-state index in [2.05, 4.69) is 6.07 Å². The van der Waals surface area contributed by atoms with Crippen molar-refractivity contribution in [2.45, 2.75) is 0 Å². The summed E-state index contributed by atoms with van der Waals surface area (Å²) < 4.78 is 5.75. The van der Waals surface area contributed by atoms with Crippen molar-refractivity contribution < 1.29 is 14.3 Å². The second-order valence-electron chi connectivity index (χ2n) is 5.12. The molecule has 0 saturated heterocycles. The van der Waals surface area contributed by atoms with Gasteiger partial charge in [0.1, 0.15) is 11.5 Å². The van der Waals surface area contributed by atoms with E-state index in [9.17, 15) is 10.1 Å². The molecule has 0 radical (unpaired) electrons. The summed E-state index contributed by atoms with van der Waals surface area (Å²) >= 11 is 0. The van der Waals surface area contributed by atoms with Crippen molar-refractivity contribution in [2.75, 3.05) is 0 Å². The summed E-state index contributed by atoms with van der Waals surface area (Å²) in [4.78, 5) is 10.9. The van der Waals surface area contributed by atoms with Crippen molar-refractivity contribution in [1.82, 2.24) is 0 Å². The van der Waals surface area contributed by atoms with Crippen LogP contribution in [-0.4, -0.2) is 11.1 Å². The van der Waals surface area contributed by atoms with E-state index >= 15 is 0 Å². The molecule has 3 rings (SSSR count). The molecule has 0 aliphatic heterocycles. The molecule has 0 spiro atoms. The quantitative estimate of drug-likeness (QED) is 0.708. The highest BCUT2D eigenvalue weighted by Gasteiger charge is 2.07. The summed E-state index contributed by atoms with van der Waals surface area (Å²) in [5, 5.41) is 18.3. The van der Waals surface area contributed by atoms with Crippen LogP contribution in [0.5, 0.6) is 0 Å². The molecule has 0 fully saturated rings. The van der Waals surface area contributed by atoms with Gasteiger partial charge in [0.05, 0.1) is 17.2 Å². The lowest BCUT2D eigenvalue weighted by Crippen LogP contribution is -1.94. The van der Waals surface area contributed by atoms with Crippen molar-refractivity contribution in [3.05, 3.63) is 83.6 Å². The van der Waals surface area contributed by atoms with Crippen LogP contribution in [0.25, 0.3) is 23.0 Å². The van der Waals surface area contributed by atoms with Crippen molar-refractivity contribution in [2.24, 2.45) is 0 Å². The number of nitrogens with zero attached hydrogens (tertiary/aromatic N) is 1. The van der Waals surface area contributed by atoms with Gasteiger partial charge < -0.3 is 9.52 Å². The van der Waals surface area contributed by atoms with Crippen LogP contribution in [0.3, 0.4) is 0 Å². The number of allylic oxidation sites excluding steroid dienone is 1. The average Bonchev–Trinajstić information content (AvgIpc) is 3.09. The van der Waals surface area contributed by atoms with E-state index in [1.165, 1.54) is 12.1 Å². The zero-order valence-corrected chi connectivity index (χ0v) is 12.6. The zero-order valence-electron chi connectivity index (χ0n) is 12.6. The zero-order chi connectivity index (χ0) is 16.9. The van der Waals surface area contributed by atoms with Crippen LogP contribution in [-0.2, 0) is 0 Å². The van der Waals surface area contributed by atoms with Crippen molar-refractivity contribution in [3.63, 3.8) is 0 Å². The molecule has 24 heavy (non-hydrogen) atoms. The summed E-state index contributed by atoms with van der Waals surface area (Å²) in [6, 6.07) is 21.6. The number of nitriles is 1. The van der Waals surface area contributed by atoms with Gasteiger partial charge in [-0.1, -0.05) is 42.5 Å². The molecule has 2 aromatic carbocycles. The van der Waals surface area contributed by atoms with Gasteiger partial charge in [0.25, 0.3) is 0 Å². The smallest absolute Gasteiger partial charge is 0.335 e. The maximum atomic E-state index is 10.9. The third-order valence-electron chi connectivity index (χ3n) is 3.53. The van der Waals surface area contributed by atoms with Crippen molar-refractivity contribution >= 4 is 17.6 Å². The molecule has 4 nitrogen and oxygen atoms in total. The van der Waals surface area contributed by atoms with E-state index in [1.54, 1.807) is 30.3 Å². The molecule has 0 aliphatic rings. The molecule has 0 aliphatic carbocycles. The minimum Gasteiger partial charge on any atom is -0.478 e. The SMILES string of the molecule is N#C/C(=C\c1ccc(-c2ccc(C(=O)O)cc2)o1)c1ccccc1. The minimum atomic E-state index is -0.967. The fourth-order valence-electron chi connectivity index (χ4n) is 2.30. The first kappa shape index (κ1) is 15.3. The third kappa shape index (κ3) is 3.26. The molecule has 116 valence electrons. The van der Waals surface area contributed by atoms with Gasteiger partial charge in [0.2, 0.25) is 0 Å². The first-order valence-electron chi connectivity index (χ1n) is 7.28. The Morgan fingerprint density at radius 2 is 1.67 bits per heavy atom. The molecule has 0 amide bonds. The average molecular weight is 315 g/mol. The highest BCUT2D eigenvalue weighted by molar-refractivity contribution is 5.89. The number of hydrogen-bond donors (Lipinski definition) is 1. The second-order valence-corrected chi connectivity index (χ2v) is 5.12. The number of aromatic carboxylic acids is 1. The lowest BCUT2D eigenvalue weighted by atomic mass is 10.1. The lowest BCUT2D eigenvalue weighted by Gasteiger charge is -1.99. The molecule has 1 aromatic heterocycles. The first-order valence-corrected chi connectivity index (χ1v) is 7.28. The number of furan rings is 1. The molecule has 3 aromatic rings. The van der Waals surface area contributed by atoms with Crippen LogP contribution >= 0.6 is 0 Å². The maximum Gasteiger partial charge on any atom is 0.335 e. The second kappa shape index (κ2) is 6.67. The van der Waals surface area contributed by atoms with E-state index in [0.29, 0.717) is 17.1 Å². The van der Waals surface area contributed by atoms with Crippen LogP contribution < -0.4 is 0 Å². The summed E-state index contributed by atoms with van der Waals surface area (Å²) in [7, 11) is 0. The molecule has 0 unspecified atom stereocenters. The van der Waals surface area contributed by atoms with Crippen LogP contribution in [0, 0.1) is 11.3 Å². The van der Waals surface area contributed by atoms with Gasteiger partial charge in [-0.3, -0.25) is 0 Å². The molecule has 1 heterocycles. The van der Waals surface area contributed by atoms with Gasteiger partial charge in [-0.15, -0.1) is 0 Å². The lowest BCUT2D eigenvalue weighted by molar-refractivity contribution is 0.0697. The Morgan fingerprint density at radius 1 is 0.958 bits per heavy atom. The topological polar surface area (TPSA) is 74.2 Å². The van der Waals surface area contributed by atoms with E-state index in [-0.39, 0.29) is 5.56 Å². The summed E-state index contributed by atoms with van der Waals surface area (Å²) in [5.74, 6) is 0.211. The van der Waals surface area contributed by atoms with Crippen molar-refractivity contribution in [1.29, 1.82) is 5.26 Å². The molecule has 0 saturated carbocycles. The largest absolute Gasteiger partial charge is 0.478 e. The predicted molar refractivity (Wildman–Crippen MR) is 91.0 cm³/mol. The van der Waals surface area contributed by atoms with Crippen LogP contribution in [0.1, 0.15) is 21.7 Å². The third-order valence-corrected chi connectivity index (χ3v) is 3.53. The predicted octanol–water partition coefficient (Wildman–Crippen LogP) is 4.71. The Kier molecular flexibility index (Phi) is 4.26. The summed E-state index contributed by atoms with van der Waals surface area (Å²) in [5.41, 5.74) is 2.33. The van der Waals surface area contributed by atoms with Crippen LogP contribution in [0.2, 0.25) is 0 Å². The molecule has 4 heteroatoms. The molecular weight excluding hydrogens is 302 g/mol. The van der Waals surface area contributed by atoms with Gasteiger partial charge in [-0.25, -0.2) is 4.79 Å². The Balaban J connectivity index is 1.89. The highest BCUT2D eigenvalue weighted by atomic mass is 16.4. The normalized spacial score (nSPS) is 11.0. The number of hydrogen-bond acceptors (Lipinski definition) is 3. The molecule has 0 bridgehead atoms. The molecule has 1 N–H and O–H groups in total. The van der Waals surface area contributed by atoms with E-state index in [0.717, 1.165) is 11.1 Å². The van der Waals surface area contributed by atoms with Gasteiger partial charge in [-0.2, -0.15) is 5.26 Å². The fourth-order valence-corrected chi connectivity index (χ4v) is 2.30. The fraction of sp³-hybridized carbons (Fsp3) is 0. The van der Waals surface area contributed by atoms with Gasteiger partial charge in [0.15, 0.2) is 0 Å². The Bertz CT molecular complexity index is 929. The van der Waals surface area contributed by atoms with Gasteiger partial charge in [0, 0.05) is 5.56 Å². The van der Waals surface area contributed by atoms with Gasteiger partial charge in [-0.05, 0) is 35.9 Å². The minimum absolute atomic E-state index is 0.223. The van der Waals surface area contributed by atoms with Crippen LogP contribution in [0.15, 0.2) is 71.1 Å². The number of carbonyl (C=O) groups is 1.